The van der Waals surface area contributed by atoms with E-state index in [1.54, 1.807) is 6.20 Å². The van der Waals surface area contributed by atoms with Crippen LogP contribution in [0.1, 0.15) is 25.1 Å². The van der Waals surface area contributed by atoms with Crippen molar-refractivity contribution >= 4 is 52.6 Å². The molecule has 3 heterocycles. The van der Waals surface area contributed by atoms with Crippen molar-refractivity contribution in [2.24, 2.45) is 5.73 Å². The van der Waals surface area contributed by atoms with Crippen LogP contribution in [0.3, 0.4) is 0 Å². The number of alkyl halides is 1. The van der Waals surface area contributed by atoms with E-state index in [-0.39, 0.29) is 18.4 Å². The second-order valence-electron chi connectivity index (χ2n) is 6.91. The van der Waals surface area contributed by atoms with E-state index >= 15 is 0 Å². The molecule has 5 nitrogen and oxygen atoms in total. The van der Waals surface area contributed by atoms with Gasteiger partial charge in [-0.3, -0.25) is 4.98 Å². The number of imidazole rings is 1. The number of hydrogen-bond acceptors (Lipinski definition) is 4. The molecule has 3 atom stereocenters. The number of nitrogens with zero attached hydrogens (tertiary/aromatic N) is 4. The van der Waals surface area contributed by atoms with Gasteiger partial charge in [0.1, 0.15) is 6.17 Å². The molecule has 1 aliphatic heterocycles. The summed E-state index contributed by atoms with van der Waals surface area (Å²) in [4.78, 5) is 11.3. The fraction of sp³-hybridized carbons (Fsp3) is 0.368. The Morgan fingerprint density at radius 3 is 2.64 bits per heavy atom. The molecule has 4 rings (SSSR count). The number of aromatic nitrogens is 3. The van der Waals surface area contributed by atoms with Gasteiger partial charge in [0.2, 0.25) is 5.95 Å². The molecule has 3 aromatic rings. The van der Waals surface area contributed by atoms with Crippen LogP contribution in [0.2, 0.25) is 10.0 Å². The van der Waals surface area contributed by atoms with E-state index in [1.807, 2.05) is 42.2 Å². The Bertz CT molecular complexity index is 962. The van der Waals surface area contributed by atoms with Crippen molar-refractivity contribution < 1.29 is 4.39 Å². The van der Waals surface area contributed by atoms with Gasteiger partial charge < -0.3 is 15.2 Å². The first-order valence-corrected chi connectivity index (χ1v) is 9.63. The van der Waals surface area contributed by atoms with Crippen LogP contribution in [-0.4, -0.2) is 39.8 Å². The van der Waals surface area contributed by atoms with Gasteiger partial charge in [0.25, 0.3) is 0 Å². The highest BCUT2D eigenvalue weighted by Crippen LogP contribution is 2.33. The van der Waals surface area contributed by atoms with Gasteiger partial charge in [-0.25, -0.2) is 9.37 Å². The molecule has 1 saturated heterocycles. The Kier molecular flexibility index (Phi) is 6.34. The number of anilines is 1. The number of halogens is 4. The van der Waals surface area contributed by atoms with E-state index in [2.05, 4.69) is 9.55 Å². The highest BCUT2D eigenvalue weighted by atomic mass is 35.5. The summed E-state index contributed by atoms with van der Waals surface area (Å²) < 4.78 is 16.0. The SMILES string of the molecule is CC(c1ccc(Cl)cn1)n1c(N2CCC(F)C(N)C2)nc2ccc(Cl)cc21.Cl. The van der Waals surface area contributed by atoms with E-state index in [9.17, 15) is 4.39 Å². The molecule has 3 unspecified atom stereocenters. The summed E-state index contributed by atoms with van der Waals surface area (Å²) >= 11 is 12.2. The Balaban J connectivity index is 0.00000225. The lowest BCUT2D eigenvalue weighted by Crippen LogP contribution is -2.50. The minimum absolute atomic E-state index is 0. The van der Waals surface area contributed by atoms with Crippen LogP contribution in [0.25, 0.3) is 11.0 Å². The van der Waals surface area contributed by atoms with E-state index in [4.69, 9.17) is 33.9 Å². The quantitative estimate of drug-likeness (QED) is 0.639. The first-order chi connectivity index (χ1) is 12.9. The van der Waals surface area contributed by atoms with Crippen LogP contribution < -0.4 is 10.6 Å². The summed E-state index contributed by atoms with van der Waals surface area (Å²) in [5.41, 5.74) is 8.55. The Labute approximate surface area is 179 Å². The molecule has 150 valence electrons. The van der Waals surface area contributed by atoms with Crippen LogP contribution in [-0.2, 0) is 0 Å². The van der Waals surface area contributed by atoms with Gasteiger partial charge in [-0.2, -0.15) is 0 Å². The molecule has 0 amide bonds. The predicted octanol–water partition coefficient (Wildman–Crippen LogP) is 4.64. The number of benzene rings is 1. The van der Waals surface area contributed by atoms with Gasteiger partial charge in [0.05, 0.1) is 33.8 Å². The van der Waals surface area contributed by atoms with Crippen molar-refractivity contribution in [3.63, 3.8) is 0 Å². The lowest BCUT2D eigenvalue weighted by molar-refractivity contribution is 0.243. The maximum atomic E-state index is 13.9. The molecule has 9 heteroatoms. The third-order valence-corrected chi connectivity index (χ3v) is 5.51. The summed E-state index contributed by atoms with van der Waals surface area (Å²) in [7, 11) is 0. The number of pyridine rings is 1. The normalized spacial score (nSPS) is 20.8. The maximum Gasteiger partial charge on any atom is 0.207 e. The van der Waals surface area contributed by atoms with E-state index < -0.39 is 12.2 Å². The van der Waals surface area contributed by atoms with Crippen molar-refractivity contribution in [2.75, 3.05) is 18.0 Å². The van der Waals surface area contributed by atoms with E-state index in [0.717, 1.165) is 22.7 Å². The zero-order valence-corrected chi connectivity index (χ0v) is 17.6. The fourth-order valence-electron chi connectivity index (χ4n) is 3.56. The van der Waals surface area contributed by atoms with Gasteiger partial charge >= 0.3 is 0 Å². The Morgan fingerprint density at radius 2 is 1.96 bits per heavy atom. The largest absolute Gasteiger partial charge is 0.340 e. The van der Waals surface area contributed by atoms with Crippen LogP contribution in [0.4, 0.5) is 10.3 Å². The lowest BCUT2D eigenvalue weighted by atomic mass is 10.1. The van der Waals surface area contributed by atoms with Gasteiger partial charge in [-0.1, -0.05) is 23.2 Å². The molecular formula is C19H21Cl3FN5. The molecule has 28 heavy (non-hydrogen) atoms. The molecule has 0 spiro atoms. The standard InChI is InChI=1S/C19H20Cl2FN5.ClH/c1-11(16-4-3-13(21)9-24-16)27-18-8-12(20)2-5-17(18)25-19(27)26-7-6-14(22)15(23)10-26;/h2-5,8-9,11,14-15H,6-7,10,23H2,1H3;1H. The molecule has 0 aliphatic carbocycles. The van der Waals surface area contributed by atoms with Crippen LogP contribution >= 0.6 is 35.6 Å². The first kappa shape index (κ1) is 21.1. The molecule has 0 saturated carbocycles. The molecule has 0 radical (unpaired) electrons. The summed E-state index contributed by atoms with van der Waals surface area (Å²) in [6.07, 6.45) is 1.03. The third kappa shape index (κ3) is 3.92. The van der Waals surface area contributed by atoms with Crippen molar-refractivity contribution in [1.82, 2.24) is 14.5 Å². The number of nitrogens with two attached hydrogens (primary N) is 1. The van der Waals surface area contributed by atoms with Gasteiger partial charge in [-0.05, 0) is 43.7 Å². The molecule has 1 aliphatic rings. The van der Waals surface area contributed by atoms with Gasteiger partial charge in [0, 0.05) is 24.3 Å². The second-order valence-corrected chi connectivity index (χ2v) is 7.78. The average Bonchev–Trinajstić information content (AvgIpc) is 3.02. The van der Waals surface area contributed by atoms with Crippen LogP contribution in [0.15, 0.2) is 36.5 Å². The van der Waals surface area contributed by atoms with E-state index in [1.165, 1.54) is 0 Å². The highest BCUT2D eigenvalue weighted by molar-refractivity contribution is 6.31. The number of rotatable bonds is 3. The minimum Gasteiger partial charge on any atom is -0.340 e. The highest BCUT2D eigenvalue weighted by Gasteiger charge is 2.30. The van der Waals surface area contributed by atoms with Crippen molar-refractivity contribution in [3.8, 4) is 0 Å². The first-order valence-electron chi connectivity index (χ1n) is 8.87. The van der Waals surface area contributed by atoms with Crippen molar-refractivity contribution in [1.29, 1.82) is 0 Å². The Hall–Kier alpha value is -1.60. The van der Waals surface area contributed by atoms with Crippen LogP contribution in [0.5, 0.6) is 0 Å². The summed E-state index contributed by atoms with van der Waals surface area (Å²) in [5, 5.41) is 1.21. The lowest BCUT2D eigenvalue weighted by Gasteiger charge is -2.34. The molecule has 1 fully saturated rings. The minimum atomic E-state index is -0.983. The zero-order chi connectivity index (χ0) is 19.1. The second kappa shape index (κ2) is 8.41. The summed E-state index contributed by atoms with van der Waals surface area (Å²) in [6.45, 7) is 3.02. The summed E-state index contributed by atoms with van der Waals surface area (Å²) in [6, 6.07) is 8.67. The number of hydrogen-bond donors (Lipinski definition) is 1. The molecule has 1 aromatic carbocycles. The molecule has 2 aromatic heterocycles. The molecule has 0 bridgehead atoms. The summed E-state index contributed by atoms with van der Waals surface area (Å²) in [5.74, 6) is 0.749. The average molecular weight is 445 g/mol. The third-order valence-electron chi connectivity index (χ3n) is 5.05. The van der Waals surface area contributed by atoms with Crippen molar-refractivity contribution in [3.05, 3.63) is 52.3 Å². The monoisotopic (exact) mass is 443 g/mol. The van der Waals surface area contributed by atoms with Gasteiger partial charge in [-0.15, -0.1) is 12.4 Å². The van der Waals surface area contributed by atoms with Crippen LogP contribution in [0, 0.1) is 0 Å². The smallest absolute Gasteiger partial charge is 0.207 e. The fourth-order valence-corrected chi connectivity index (χ4v) is 3.84. The Morgan fingerprint density at radius 1 is 1.21 bits per heavy atom. The molecular weight excluding hydrogens is 424 g/mol. The van der Waals surface area contributed by atoms with E-state index in [0.29, 0.717) is 29.6 Å². The maximum absolute atomic E-state index is 13.9. The van der Waals surface area contributed by atoms with Crippen molar-refractivity contribution in [2.45, 2.75) is 31.6 Å². The topological polar surface area (TPSA) is 60.0 Å². The molecule has 2 N–H and O–H groups in total. The zero-order valence-electron chi connectivity index (χ0n) is 15.2. The van der Waals surface area contributed by atoms with Gasteiger partial charge in [0.15, 0.2) is 0 Å². The number of piperidine rings is 1. The predicted molar refractivity (Wildman–Crippen MR) is 115 cm³/mol. The number of fused-ring (bicyclic) bond motifs is 1.